The van der Waals surface area contributed by atoms with E-state index in [1.54, 1.807) is 30.8 Å². The third-order valence-electron chi connectivity index (χ3n) is 2.71. The molecule has 1 unspecified atom stereocenters. The van der Waals surface area contributed by atoms with Gasteiger partial charge in [-0.1, -0.05) is 25.2 Å². The maximum atomic E-state index is 12.2. The second-order valence-electron chi connectivity index (χ2n) is 4.24. The molecule has 0 amide bonds. The van der Waals surface area contributed by atoms with E-state index in [1.165, 1.54) is 6.07 Å². The van der Waals surface area contributed by atoms with Gasteiger partial charge in [0.1, 0.15) is 4.99 Å². The van der Waals surface area contributed by atoms with Crippen molar-refractivity contribution in [2.24, 2.45) is 5.73 Å². The van der Waals surface area contributed by atoms with E-state index in [0.29, 0.717) is 17.7 Å². The van der Waals surface area contributed by atoms with Crippen LogP contribution in [0.5, 0.6) is 0 Å². The molecular formula is C12H18N2O2S3. The van der Waals surface area contributed by atoms with Gasteiger partial charge in [0.25, 0.3) is 0 Å². The smallest absolute Gasteiger partial charge is 0.240 e. The van der Waals surface area contributed by atoms with Gasteiger partial charge in [-0.25, -0.2) is 13.1 Å². The number of rotatable bonds is 6. The summed E-state index contributed by atoms with van der Waals surface area (Å²) in [5.74, 6) is 0. The lowest BCUT2D eigenvalue weighted by Gasteiger charge is -2.13. The number of aryl methyl sites for hydroxylation is 1. The van der Waals surface area contributed by atoms with Crippen LogP contribution in [0.1, 0.15) is 18.1 Å². The van der Waals surface area contributed by atoms with Crippen molar-refractivity contribution in [3.8, 4) is 0 Å². The Morgan fingerprint density at radius 1 is 1.53 bits per heavy atom. The number of benzene rings is 1. The van der Waals surface area contributed by atoms with Crippen molar-refractivity contribution in [3.05, 3.63) is 29.3 Å². The standard InChI is InChI=1S/C12H18N2O2S3/c1-8-6-10(12(13)17)4-5-11(8)19(15,16)14-7-9(2)18-3/h4-6,9,14H,7H2,1-3H3,(H2,13,17). The molecule has 0 heterocycles. The van der Waals surface area contributed by atoms with Crippen LogP contribution in [0.4, 0.5) is 0 Å². The second kappa shape index (κ2) is 6.69. The third kappa shape index (κ3) is 4.45. The van der Waals surface area contributed by atoms with Gasteiger partial charge in [-0.2, -0.15) is 11.8 Å². The maximum Gasteiger partial charge on any atom is 0.240 e. The molecule has 1 rings (SSSR count). The van der Waals surface area contributed by atoms with Gasteiger partial charge >= 0.3 is 0 Å². The van der Waals surface area contributed by atoms with Gasteiger partial charge in [-0.05, 0) is 30.9 Å². The number of hydrogen-bond acceptors (Lipinski definition) is 4. The number of sulfonamides is 1. The topological polar surface area (TPSA) is 72.2 Å². The van der Waals surface area contributed by atoms with Crippen LogP contribution in [-0.4, -0.2) is 31.5 Å². The summed E-state index contributed by atoms with van der Waals surface area (Å²) in [5, 5.41) is 0.228. The predicted octanol–water partition coefficient (Wildman–Crippen LogP) is 1.66. The summed E-state index contributed by atoms with van der Waals surface area (Å²) in [6, 6.07) is 4.85. The first-order chi connectivity index (χ1) is 8.77. The van der Waals surface area contributed by atoms with Crippen molar-refractivity contribution in [1.29, 1.82) is 0 Å². The quantitative estimate of drug-likeness (QED) is 0.781. The highest BCUT2D eigenvalue weighted by molar-refractivity contribution is 7.99. The monoisotopic (exact) mass is 318 g/mol. The van der Waals surface area contributed by atoms with Crippen LogP contribution < -0.4 is 10.5 Å². The Bertz CT molecular complexity index is 570. The first-order valence-electron chi connectivity index (χ1n) is 5.71. The Labute approximate surface area is 124 Å². The number of thioether (sulfide) groups is 1. The molecule has 3 N–H and O–H groups in total. The first kappa shape index (κ1) is 16.4. The van der Waals surface area contributed by atoms with Crippen LogP contribution >= 0.6 is 24.0 Å². The molecular weight excluding hydrogens is 300 g/mol. The van der Waals surface area contributed by atoms with Gasteiger partial charge in [-0.3, -0.25) is 0 Å². The molecule has 0 bridgehead atoms. The van der Waals surface area contributed by atoms with Gasteiger partial charge in [0.15, 0.2) is 0 Å². The average Bonchev–Trinajstić information content (AvgIpc) is 2.35. The molecule has 0 aliphatic heterocycles. The van der Waals surface area contributed by atoms with E-state index in [1.807, 2.05) is 13.2 Å². The van der Waals surface area contributed by atoms with E-state index in [-0.39, 0.29) is 15.1 Å². The summed E-state index contributed by atoms with van der Waals surface area (Å²) < 4.78 is 26.9. The van der Waals surface area contributed by atoms with Gasteiger partial charge in [0.2, 0.25) is 10.0 Å². The van der Waals surface area contributed by atoms with Gasteiger partial charge in [-0.15, -0.1) is 0 Å². The van der Waals surface area contributed by atoms with Crippen molar-refractivity contribution in [2.75, 3.05) is 12.8 Å². The summed E-state index contributed by atoms with van der Waals surface area (Å²) >= 11 is 6.48. The molecule has 0 aliphatic rings. The Morgan fingerprint density at radius 2 is 2.16 bits per heavy atom. The van der Waals surface area contributed by atoms with Crippen LogP contribution in [0.25, 0.3) is 0 Å². The number of hydrogen-bond donors (Lipinski definition) is 2. The molecule has 0 spiro atoms. The SMILES string of the molecule is CSC(C)CNS(=O)(=O)c1ccc(C(N)=S)cc1C. The average molecular weight is 318 g/mol. The maximum absolute atomic E-state index is 12.2. The molecule has 1 aromatic carbocycles. The minimum atomic E-state index is -3.49. The Morgan fingerprint density at radius 3 is 2.63 bits per heavy atom. The third-order valence-corrected chi connectivity index (χ3v) is 5.50. The summed E-state index contributed by atoms with van der Waals surface area (Å²) in [6.45, 7) is 4.10. The number of nitrogens with one attached hydrogen (secondary N) is 1. The lowest BCUT2D eigenvalue weighted by atomic mass is 10.1. The van der Waals surface area contributed by atoms with Crippen LogP contribution in [-0.2, 0) is 10.0 Å². The molecule has 19 heavy (non-hydrogen) atoms. The molecule has 0 saturated heterocycles. The zero-order valence-corrected chi connectivity index (χ0v) is 13.6. The molecule has 1 atom stereocenters. The molecule has 0 aliphatic carbocycles. The van der Waals surface area contributed by atoms with Crippen LogP contribution in [0.15, 0.2) is 23.1 Å². The van der Waals surface area contributed by atoms with Gasteiger partial charge in [0.05, 0.1) is 4.90 Å². The lowest BCUT2D eigenvalue weighted by Crippen LogP contribution is -2.30. The molecule has 0 aromatic heterocycles. The largest absolute Gasteiger partial charge is 0.389 e. The number of thiocarbonyl (C=S) groups is 1. The fraction of sp³-hybridized carbons (Fsp3) is 0.417. The zero-order valence-electron chi connectivity index (χ0n) is 11.1. The first-order valence-corrected chi connectivity index (χ1v) is 8.88. The van der Waals surface area contributed by atoms with Gasteiger partial charge in [0, 0.05) is 17.4 Å². The highest BCUT2D eigenvalue weighted by Gasteiger charge is 2.17. The van der Waals surface area contributed by atoms with Crippen LogP contribution in [0.2, 0.25) is 0 Å². The minimum absolute atomic E-state index is 0.228. The molecule has 1 aromatic rings. The number of nitrogens with two attached hydrogens (primary N) is 1. The Kier molecular flexibility index (Phi) is 5.79. The highest BCUT2D eigenvalue weighted by Crippen LogP contribution is 2.17. The molecule has 4 nitrogen and oxygen atoms in total. The van der Waals surface area contributed by atoms with Crippen molar-refractivity contribution in [1.82, 2.24) is 4.72 Å². The van der Waals surface area contributed by atoms with E-state index in [4.69, 9.17) is 18.0 Å². The zero-order chi connectivity index (χ0) is 14.6. The fourth-order valence-corrected chi connectivity index (χ4v) is 3.33. The second-order valence-corrected chi connectivity index (χ2v) is 7.69. The van der Waals surface area contributed by atoms with Crippen LogP contribution in [0, 0.1) is 6.92 Å². The van der Waals surface area contributed by atoms with Gasteiger partial charge < -0.3 is 5.73 Å². The fourth-order valence-electron chi connectivity index (χ4n) is 1.49. The normalized spacial score (nSPS) is 13.2. The van der Waals surface area contributed by atoms with E-state index in [9.17, 15) is 8.42 Å². The molecule has 0 fully saturated rings. The van der Waals surface area contributed by atoms with Crippen molar-refractivity contribution < 1.29 is 8.42 Å². The van der Waals surface area contributed by atoms with E-state index >= 15 is 0 Å². The molecule has 106 valence electrons. The van der Waals surface area contributed by atoms with E-state index < -0.39 is 10.0 Å². The lowest BCUT2D eigenvalue weighted by molar-refractivity contribution is 0.581. The molecule has 7 heteroatoms. The summed E-state index contributed by atoms with van der Waals surface area (Å²) in [4.78, 5) is 0.525. The van der Waals surface area contributed by atoms with E-state index in [2.05, 4.69) is 4.72 Å². The van der Waals surface area contributed by atoms with Crippen molar-refractivity contribution >= 4 is 39.0 Å². The van der Waals surface area contributed by atoms with Crippen molar-refractivity contribution in [2.45, 2.75) is 24.0 Å². The van der Waals surface area contributed by atoms with E-state index in [0.717, 1.165) is 0 Å². The molecule has 0 saturated carbocycles. The summed E-state index contributed by atoms with van der Waals surface area (Å²) in [7, 11) is -3.49. The Balaban J connectivity index is 2.99. The van der Waals surface area contributed by atoms with Crippen molar-refractivity contribution in [3.63, 3.8) is 0 Å². The Hall–Kier alpha value is -0.630. The minimum Gasteiger partial charge on any atom is -0.389 e. The highest BCUT2D eigenvalue weighted by atomic mass is 32.2. The molecule has 0 radical (unpaired) electrons. The summed E-state index contributed by atoms with van der Waals surface area (Å²) in [6.07, 6.45) is 1.95. The predicted molar refractivity (Wildman–Crippen MR) is 85.2 cm³/mol. The van der Waals surface area contributed by atoms with Crippen LogP contribution in [0.3, 0.4) is 0 Å². The summed E-state index contributed by atoms with van der Waals surface area (Å²) in [5.41, 5.74) is 6.83.